The van der Waals surface area contributed by atoms with Crippen LogP contribution in [0.2, 0.25) is 0 Å². The summed E-state index contributed by atoms with van der Waals surface area (Å²) in [5, 5.41) is 0. The van der Waals surface area contributed by atoms with Gasteiger partial charge in [-0.25, -0.2) is 0 Å². The third kappa shape index (κ3) is 4.99. The number of morpholine rings is 1. The normalized spacial score (nSPS) is 17.6. The second-order valence-corrected chi connectivity index (χ2v) is 5.53. The van der Waals surface area contributed by atoms with Crippen molar-refractivity contribution in [1.29, 1.82) is 0 Å². The Morgan fingerprint density at radius 2 is 2.10 bits per heavy atom. The standard InChI is InChI=1S/C17H28N2O2/c1-2-3-4-10-21-16-7-5-6-15(13-16)17(14-18)19-8-11-20-12-9-19/h5-7,13,17H,2-4,8-12,14,18H2,1H3. The van der Waals surface area contributed by atoms with Crippen molar-refractivity contribution in [1.82, 2.24) is 4.90 Å². The minimum Gasteiger partial charge on any atom is -0.494 e. The molecule has 118 valence electrons. The monoisotopic (exact) mass is 292 g/mol. The third-order valence-electron chi connectivity index (χ3n) is 3.97. The van der Waals surface area contributed by atoms with Crippen molar-refractivity contribution in [2.75, 3.05) is 39.5 Å². The number of unbranched alkanes of at least 4 members (excludes halogenated alkanes) is 2. The highest BCUT2D eigenvalue weighted by Crippen LogP contribution is 2.24. The molecule has 0 radical (unpaired) electrons. The van der Waals surface area contributed by atoms with Crippen LogP contribution in [0.5, 0.6) is 5.75 Å². The zero-order valence-corrected chi connectivity index (χ0v) is 13.1. The Labute approximate surface area is 128 Å². The molecule has 1 atom stereocenters. The van der Waals surface area contributed by atoms with Crippen molar-refractivity contribution in [2.45, 2.75) is 32.2 Å². The van der Waals surface area contributed by atoms with Gasteiger partial charge in [-0.15, -0.1) is 0 Å². The molecule has 1 unspecified atom stereocenters. The van der Waals surface area contributed by atoms with Crippen LogP contribution >= 0.6 is 0 Å². The van der Waals surface area contributed by atoms with Gasteiger partial charge in [-0.2, -0.15) is 0 Å². The Morgan fingerprint density at radius 1 is 1.29 bits per heavy atom. The summed E-state index contributed by atoms with van der Waals surface area (Å²) in [6, 6.07) is 8.63. The van der Waals surface area contributed by atoms with Gasteiger partial charge in [0.2, 0.25) is 0 Å². The molecule has 1 aliphatic heterocycles. The fraction of sp³-hybridized carbons (Fsp3) is 0.647. The van der Waals surface area contributed by atoms with Gasteiger partial charge in [0.15, 0.2) is 0 Å². The first-order chi connectivity index (χ1) is 10.3. The van der Waals surface area contributed by atoms with Crippen LogP contribution < -0.4 is 10.5 Å². The molecule has 0 aromatic heterocycles. The summed E-state index contributed by atoms with van der Waals surface area (Å²) in [6.07, 6.45) is 3.55. The van der Waals surface area contributed by atoms with E-state index < -0.39 is 0 Å². The van der Waals surface area contributed by atoms with E-state index in [1.165, 1.54) is 18.4 Å². The summed E-state index contributed by atoms with van der Waals surface area (Å²) in [6.45, 7) is 7.11. The van der Waals surface area contributed by atoms with Crippen LogP contribution in [0.4, 0.5) is 0 Å². The predicted molar refractivity (Wildman–Crippen MR) is 85.6 cm³/mol. The summed E-state index contributed by atoms with van der Waals surface area (Å²) in [4.78, 5) is 2.40. The number of nitrogens with two attached hydrogens (primary N) is 1. The molecule has 4 nitrogen and oxygen atoms in total. The van der Waals surface area contributed by atoms with Crippen molar-refractivity contribution in [3.63, 3.8) is 0 Å². The Kier molecular flexibility index (Phi) is 7.00. The van der Waals surface area contributed by atoms with Crippen LogP contribution in [-0.4, -0.2) is 44.4 Å². The van der Waals surface area contributed by atoms with Gasteiger partial charge in [0.05, 0.1) is 19.8 Å². The first-order valence-corrected chi connectivity index (χ1v) is 8.09. The number of hydrogen-bond acceptors (Lipinski definition) is 4. The summed E-state index contributed by atoms with van der Waals surface area (Å²) >= 11 is 0. The molecule has 1 heterocycles. The fourth-order valence-corrected chi connectivity index (χ4v) is 2.74. The van der Waals surface area contributed by atoms with Crippen molar-refractivity contribution in [2.24, 2.45) is 5.73 Å². The Balaban J connectivity index is 1.96. The van der Waals surface area contributed by atoms with Crippen molar-refractivity contribution in [3.05, 3.63) is 29.8 Å². The molecular formula is C17H28N2O2. The molecule has 0 saturated carbocycles. The average Bonchev–Trinajstić information content (AvgIpc) is 2.54. The molecule has 1 aromatic carbocycles. The van der Waals surface area contributed by atoms with Crippen LogP contribution in [0.3, 0.4) is 0 Å². The van der Waals surface area contributed by atoms with Gasteiger partial charge >= 0.3 is 0 Å². The summed E-state index contributed by atoms with van der Waals surface area (Å²) in [5.41, 5.74) is 7.25. The average molecular weight is 292 g/mol. The summed E-state index contributed by atoms with van der Waals surface area (Å²) < 4.78 is 11.3. The maximum Gasteiger partial charge on any atom is 0.119 e. The largest absolute Gasteiger partial charge is 0.494 e. The number of hydrogen-bond donors (Lipinski definition) is 1. The molecule has 0 amide bonds. The van der Waals surface area contributed by atoms with Crippen LogP contribution in [0.15, 0.2) is 24.3 Å². The quantitative estimate of drug-likeness (QED) is 0.748. The SMILES string of the molecule is CCCCCOc1cccc(C(CN)N2CCOCC2)c1. The molecule has 1 saturated heterocycles. The molecule has 1 aromatic rings. The van der Waals surface area contributed by atoms with E-state index in [4.69, 9.17) is 15.2 Å². The molecule has 2 N–H and O–H groups in total. The highest BCUT2D eigenvalue weighted by Gasteiger charge is 2.21. The highest BCUT2D eigenvalue weighted by atomic mass is 16.5. The first-order valence-electron chi connectivity index (χ1n) is 8.09. The molecule has 2 rings (SSSR count). The minimum atomic E-state index is 0.257. The number of rotatable bonds is 8. The second-order valence-electron chi connectivity index (χ2n) is 5.53. The van der Waals surface area contributed by atoms with E-state index >= 15 is 0 Å². The van der Waals surface area contributed by atoms with E-state index in [1.807, 2.05) is 6.07 Å². The van der Waals surface area contributed by atoms with Gasteiger partial charge in [-0.3, -0.25) is 4.90 Å². The maximum atomic E-state index is 6.00. The zero-order chi connectivity index (χ0) is 14.9. The lowest BCUT2D eigenvalue weighted by Gasteiger charge is -2.34. The molecule has 0 spiro atoms. The van der Waals surface area contributed by atoms with E-state index in [9.17, 15) is 0 Å². The summed E-state index contributed by atoms with van der Waals surface area (Å²) in [5.74, 6) is 0.954. The van der Waals surface area contributed by atoms with Crippen molar-refractivity contribution in [3.8, 4) is 5.75 Å². The Bertz CT molecular complexity index is 406. The zero-order valence-electron chi connectivity index (χ0n) is 13.1. The first kappa shape index (κ1) is 16.3. The molecule has 4 heteroatoms. The topological polar surface area (TPSA) is 47.7 Å². The van der Waals surface area contributed by atoms with Crippen molar-refractivity contribution < 1.29 is 9.47 Å². The predicted octanol–water partition coefficient (Wildman–Crippen LogP) is 2.59. The van der Waals surface area contributed by atoms with E-state index in [2.05, 4.69) is 30.0 Å². The van der Waals surface area contributed by atoms with Gasteiger partial charge < -0.3 is 15.2 Å². The van der Waals surface area contributed by atoms with Gasteiger partial charge in [-0.05, 0) is 24.1 Å². The molecule has 0 aliphatic carbocycles. The molecular weight excluding hydrogens is 264 g/mol. The van der Waals surface area contributed by atoms with Crippen LogP contribution in [0, 0.1) is 0 Å². The van der Waals surface area contributed by atoms with Gasteiger partial charge in [0.1, 0.15) is 5.75 Å². The van der Waals surface area contributed by atoms with E-state index in [1.54, 1.807) is 0 Å². The van der Waals surface area contributed by atoms with E-state index in [0.717, 1.165) is 45.1 Å². The van der Waals surface area contributed by atoms with Crippen LogP contribution in [-0.2, 0) is 4.74 Å². The third-order valence-corrected chi connectivity index (χ3v) is 3.97. The highest BCUT2D eigenvalue weighted by molar-refractivity contribution is 5.31. The van der Waals surface area contributed by atoms with Gasteiger partial charge in [0.25, 0.3) is 0 Å². The van der Waals surface area contributed by atoms with Gasteiger partial charge in [-0.1, -0.05) is 31.9 Å². The minimum absolute atomic E-state index is 0.257. The van der Waals surface area contributed by atoms with E-state index in [0.29, 0.717) is 6.54 Å². The van der Waals surface area contributed by atoms with E-state index in [-0.39, 0.29) is 6.04 Å². The van der Waals surface area contributed by atoms with Crippen LogP contribution in [0.1, 0.15) is 37.8 Å². The van der Waals surface area contributed by atoms with Crippen LogP contribution in [0.25, 0.3) is 0 Å². The molecule has 21 heavy (non-hydrogen) atoms. The van der Waals surface area contributed by atoms with Crippen molar-refractivity contribution >= 4 is 0 Å². The second kappa shape index (κ2) is 9.03. The lowest BCUT2D eigenvalue weighted by molar-refractivity contribution is 0.0178. The fourth-order valence-electron chi connectivity index (χ4n) is 2.74. The van der Waals surface area contributed by atoms with Gasteiger partial charge in [0, 0.05) is 25.7 Å². The molecule has 0 bridgehead atoms. The lowest BCUT2D eigenvalue weighted by Crippen LogP contribution is -2.41. The number of ether oxygens (including phenoxy) is 2. The lowest BCUT2D eigenvalue weighted by atomic mass is 10.0. The Morgan fingerprint density at radius 3 is 2.81 bits per heavy atom. The Hall–Kier alpha value is -1.10. The smallest absolute Gasteiger partial charge is 0.119 e. The maximum absolute atomic E-state index is 6.00. The molecule has 1 aliphatic rings. The molecule has 1 fully saturated rings. The summed E-state index contributed by atoms with van der Waals surface area (Å²) in [7, 11) is 0. The number of nitrogens with zero attached hydrogens (tertiary/aromatic N) is 1. The number of benzene rings is 1.